The van der Waals surface area contributed by atoms with Gasteiger partial charge in [0, 0.05) is 18.6 Å². The first-order valence-corrected chi connectivity index (χ1v) is 12.3. The third-order valence-corrected chi connectivity index (χ3v) is 7.10. The number of amides is 1. The van der Waals surface area contributed by atoms with Crippen LogP contribution in [0, 0.1) is 0 Å². The van der Waals surface area contributed by atoms with Gasteiger partial charge in [-0.1, -0.05) is 48.0 Å². The van der Waals surface area contributed by atoms with Crippen molar-refractivity contribution in [2.75, 3.05) is 18.3 Å². The third-order valence-electron chi connectivity index (χ3n) is 4.92. The van der Waals surface area contributed by atoms with E-state index in [4.69, 9.17) is 11.6 Å². The Morgan fingerprint density at radius 1 is 1.06 bits per heavy atom. The highest BCUT2D eigenvalue weighted by molar-refractivity contribution is 7.93. The second-order valence-corrected chi connectivity index (χ2v) is 9.76. The maximum absolute atomic E-state index is 13.1. The SMILES string of the molecule is CN(CCc1ccccc1)C(=O)c1ccc(Cl)cc1NS(=O)(=O)c1cccc2nsnc12. The van der Waals surface area contributed by atoms with Crippen LogP contribution in [-0.4, -0.2) is 41.6 Å². The molecule has 0 aliphatic rings. The molecule has 0 spiro atoms. The monoisotopic (exact) mass is 486 g/mol. The molecule has 0 atom stereocenters. The molecule has 0 unspecified atom stereocenters. The molecule has 1 amide bonds. The van der Waals surface area contributed by atoms with Gasteiger partial charge < -0.3 is 4.90 Å². The predicted octanol–water partition coefficient (Wildman–Crippen LogP) is 4.46. The molecular formula is C22H19ClN4O3S2. The van der Waals surface area contributed by atoms with E-state index >= 15 is 0 Å². The Hall–Kier alpha value is -3.01. The number of fused-ring (bicyclic) bond motifs is 1. The first-order valence-electron chi connectivity index (χ1n) is 9.68. The number of hydrogen-bond acceptors (Lipinski definition) is 6. The molecule has 0 bridgehead atoms. The molecule has 164 valence electrons. The van der Waals surface area contributed by atoms with Crippen LogP contribution in [0.4, 0.5) is 5.69 Å². The number of carbonyl (C=O) groups is 1. The number of anilines is 1. The van der Waals surface area contributed by atoms with Crippen LogP contribution in [0.25, 0.3) is 11.0 Å². The number of nitrogens with zero attached hydrogens (tertiary/aromatic N) is 3. The van der Waals surface area contributed by atoms with Crippen molar-refractivity contribution in [1.82, 2.24) is 13.6 Å². The minimum Gasteiger partial charge on any atom is -0.341 e. The van der Waals surface area contributed by atoms with Crippen LogP contribution in [0.2, 0.25) is 5.02 Å². The summed E-state index contributed by atoms with van der Waals surface area (Å²) in [6, 6.07) is 19.1. The smallest absolute Gasteiger partial charge is 0.264 e. The van der Waals surface area contributed by atoms with E-state index in [0.717, 1.165) is 17.3 Å². The van der Waals surface area contributed by atoms with Crippen molar-refractivity contribution >= 4 is 56.0 Å². The van der Waals surface area contributed by atoms with Crippen LogP contribution in [0.5, 0.6) is 0 Å². The van der Waals surface area contributed by atoms with E-state index in [1.54, 1.807) is 30.1 Å². The zero-order valence-corrected chi connectivity index (χ0v) is 19.4. The molecule has 0 saturated heterocycles. The van der Waals surface area contributed by atoms with Crippen LogP contribution < -0.4 is 4.72 Å². The number of carbonyl (C=O) groups excluding carboxylic acids is 1. The lowest BCUT2D eigenvalue weighted by atomic mass is 10.1. The van der Waals surface area contributed by atoms with Crippen LogP contribution in [0.1, 0.15) is 15.9 Å². The van der Waals surface area contributed by atoms with Crippen molar-refractivity contribution in [3.05, 3.63) is 82.9 Å². The molecule has 4 aromatic rings. The predicted molar refractivity (Wildman–Crippen MR) is 127 cm³/mol. The van der Waals surface area contributed by atoms with E-state index in [1.807, 2.05) is 30.3 Å². The van der Waals surface area contributed by atoms with Crippen LogP contribution in [0.15, 0.2) is 71.6 Å². The summed E-state index contributed by atoms with van der Waals surface area (Å²) in [4.78, 5) is 14.7. The molecule has 0 radical (unpaired) electrons. The standard InChI is InChI=1S/C22H19ClN4O3S2/c1-27(13-12-15-6-3-2-4-7-15)22(28)17-11-10-16(23)14-19(17)26-32(29,30)20-9-5-8-18-21(20)25-31-24-18/h2-11,14,26H,12-13H2,1H3. The molecule has 1 heterocycles. The van der Waals surface area contributed by atoms with Crippen LogP contribution in [-0.2, 0) is 16.4 Å². The largest absolute Gasteiger partial charge is 0.341 e. The number of aromatic nitrogens is 2. The van der Waals surface area contributed by atoms with Crippen molar-refractivity contribution in [2.24, 2.45) is 0 Å². The van der Waals surface area contributed by atoms with Gasteiger partial charge in [0.05, 0.1) is 23.0 Å². The van der Waals surface area contributed by atoms with Gasteiger partial charge in [0.25, 0.3) is 15.9 Å². The number of sulfonamides is 1. The molecule has 0 aliphatic carbocycles. The molecule has 0 saturated carbocycles. The normalized spacial score (nSPS) is 11.4. The average molecular weight is 487 g/mol. The summed E-state index contributed by atoms with van der Waals surface area (Å²) in [6.07, 6.45) is 0.677. The maximum Gasteiger partial charge on any atom is 0.264 e. The topological polar surface area (TPSA) is 92.3 Å². The van der Waals surface area contributed by atoms with Gasteiger partial charge in [-0.25, -0.2) is 8.42 Å². The van der Waals surface area contributed by atoms with Gasteiger partial charge in [-0.05, 0) is 42.3 Å². The van der Waals surface area contributed by atoms with Crippen molar-refractivity contribution < 1.29 is 13.2 Å². The lowest BCUT2D eigenvalue weighted by molar-refractivity contribution is 0.0797. The fraction of sp³-hybridized carbons (Fsp3) is 0.136. The zero-order valence-electron chi connectivity index (χ0n) is 17.0. The van der Waals surface area contributed by atoms with Gasteiger partial charge in [-0.2, -0.15) is 8.75 Å². The lowest BCUT2D eigenvalue weighted by Crippen LogP contribution is -2.30. The second kappa shape index (κ2) is 9.23. The molecule has 3 aromatic carbocycles. The summed E-state index contributed by atoms with van der Waals surface area (Å²) in [6.45, 7) is 0.474. The first-order chi connectivity index (χ1) is 15.3. The van der Waals surface area contributed by atoms with E-state index in [-0.39, 0.29) is 27.6 Å². The highest BCUT2D eigenvalue weighted by atomic mass is 35.5. The first kappa shape index (κ1) is 22.2. The Labute approximate surface area is 195 Å². The molecule has 1 aromatic heterocycles. The van der Waals surface area contributed by atoms with Gasteiger partial charge >= 0.3 is 0 Å². The minimum absolute atomic E-state index is 0.0143. The summed E-state index contributed by atoms with van der Waals surface area (Å²) >= 11 is 7.05. The summed E-state index contributed by atoms with van der Waals surface area (Å²) in [5.41, 5.74) is 2.18. The number of hydrogen-bond donors (Lipinski definition) is 1. The van der Waals surface area contributed by atoms with Crippen molar-refractivity contribution in [3.63, 3.8) is 0 Å². The number of benzene rings is 3. The summed E-state index contributed by atoms with van der Waals surface area (Å²) in [5, 5.41) is 0.305. The lowest BCUT2D eigenvalue weighted by Gasteiger charge is -2.20. The van der Waals surface area contributed by atoms with E-state index in [0.29, 0.717) is 23.5 Å². The van der Waals surface area contributed by atoms with Gasteiger partial charge in [-0.15, -0.1) is 0 Å². The summed E-state index contributed by atoms with van der Waals surface area (Å²) in [7, 11) is -2.36. The molecule has 0 aliphatic heterocycles. The number of rotatable bonds is 7. The molecule has 0 fully saturated rings. The van der Waals surface area contributed by atoms with Crippen LogP contribution >= 0.6 is 23.3 Å². The average Bonchev–Trinajstić information content (AvgIpc) is 3.26. The highest BCUT2D eigenvalue weighted by Crippen LogP contribution is 2.28. The fourth-order valence-corrected chi connectivity index (χ4v) is 5.24. The maximum atomic E-state index is 13.1. The number of halogens is 1. The van der Waals surface area contributed by atoms with E-state index in [2.05, 4.69) is 13.5 Å². The summed E-state index contributed by atoms with van der Waals surface area (Å²) < 4.78 is 37.0. The minimum atomic E-state index is -4.04. The number of likely N-dealkylation sites (N-methyl/N-ethyl adjacent to an activating group) is 1. The van der Waals surface area contributed by atoms with Crippen molar-refractivity contribution in [1.29, 1.82) is 0 Å². The van der Waals surface area contributed by atoms with Crippen molar-refractivity contribution in [3.8, 4) is 0 Å². The molecule has 10 heteroatoms. The van der Waals surface area contributed by atoms with E-state index in [1.165, 1.54) is 18.2 Å². The van der Waals surface area contributed by atoms with Gasteiger partial charge in [0.15, 0.2) is 0 Å². The third kappa shape index (κ3) is 4.74. The Morgan fingerprint density at radius 3 is 2.62 bits per heavy atom. The van der Waals surface area contributed by atoms with Crippen LogP contribution in [0.3, 0.4) is 0 Å². The Balaban J connectivity index is 1.60. The molecule has 32 heavy (non-hydrogen) atoms. The quantitative estimate of drug-likeness (QED) is 0.416. The Kier molecular flexibility index (Phi) is 6.40. The molecule has 4 rings (SSSR count). The molecule has 1 N–H and O–H groups in total. The van der Waals surface area contributed by atoms with Gasteiger partial charge in [0.1, 0.15) is 15.9 Å². The highest BCUT2D eigenvalue weighted by Gasteiger charge is 2.24. The van der Waals surface area contributed by atoms with Crippen molar-refractivity contribution in [2.45, 2.75) is 11.3 Å². The van der Waals surface area contributed by atoms with E-state index < -0.39 is 10.0 Å². The Bertz CT molecular complexity index is 1370. The molecule has 7 nitrogen and oxygen atoms in total. The van der Waals surface area contributed by atoms with Gasteiger partial charge in [0.2, 0.25) is 0 Å². The Morgan fingerprint density at radius 2 is 1.84 bits per heavy atom. The second-order valence-electron chi connectivity index (χ2n) is 7.15. The number of nitrogens with one attached hydrogen (secondary N) is 1. The summed E-state index contributed by atoms with van der Waals surface area (Å²) in [5.74, 6) is -0.316. The van der Waals surface area contributed by atoms with E-state index in [9.17, 15) is 13.2 Å². The zero-order chi connectivity index (χ0) is 22.7. The van der Waals surface area contributed by atoms with Gasteiger partial charge in [-0.3, -0.25) is 9.52 Å². The molecular weight excluding hydrogens is 468 g/mol. The fourth-order valence-electron chi connectivity index (χ4n) is 3.23.